The fourth-order valence-electron chi connectivity index (χ4n) is 2.08. The Labute approximate surface area is 117 Å². The van der Waals surface area contributed by atoms with Gasteiger partial charge in [0, 0.05) is 26.2 Å². The van der Waals surface area contributed by atoms with Gasteiger partial charge in [-0.25, -0.2) is 18.4 Å². The van der Waals surface area contributed by atoms with Crippen LogP contribution in [0.1, 0.15) is 6.42 Å². The molecule has 0 amide bonds. The highest BCUT2D eigenvalue weighted by Crippen LogP contribution is 2.24. The lowest BCUT2D eigenvalue weighted by atomic mass is 10.2. The van der Waals surface area contributed by atoms with E-state index in [4.69, 9.17) is 0 Å². The predicted molar refractivity (Wildman–Crippen MR) is 78.8 cm³/mol. The molecule has 1 N–H and O–H groups in total. The van der Waals surface area contributed by atoms with Gasteiger partial charge in [-0.1, -0.05) is 11.8 Å². The molecule has 8 heteroatoms. The Hall–Kier alpha value is -1.02. The minimum atomic E-state index is -2.89. The first kappa shape index (κ1) is 14.4. The molecular weight excluding hydrogens is 284 g/mol. The van der Waals surface area contributed by atoms with Crippen LogP contribution in [0.5, 0.6) is 0 Å². The molecule has 1 saturated heterocycles. The van der Waals surface area contributed by atoms with E-state index in [-0.39, 0.29) is 17.5 Å². The highest BCUT2D eigenvalue weighted by molar-refractivity contribution is 7.98. The van der Waals surface area contributed by atoms with Crippen LogP contribution < -0.4 is 10.2 Å². The van der Waals surface area contributed by atoms with Crippen LogP contribution in [0.3, 0.4) is 0 Å². The van der Waals surface area contributed by atoms with Gasteiger partial charge in [-0.3, -0.25) is 0 Å². The summed E-state index contributed by atoms with van der Waals surface area (Å²) < 4.78 is 23.1. The van der Waals surface area contributed by atoms with Crippen LogP contribution in [0.25, 0.3) is 0 Å². The molecule has 2 rings (SSSR count). The number of sulfone groups is 1. The maximum Gasteiger partial charge on any atom is 0.191 e. The van der Waals surface area contributed by atoms with Gasteiger partial charge in [0.2, 0.25) is 0 Å². The average Bonchev–Trinajstić information content (AvgIpc) is 2.77. The third kappa shape index (κ3) is 3.30. The molecule has 0 radical (unpaired) electrons. The van der Waals surface area contributed by atoms with Gasteiger partial charge in [0.05, 0.1) is 11.5 Å². The van der Waals surface area contributed by atoms with E-state index >= 15 is 0 Å². The molecule has 0 aromatic carbocycles. The van der Waals surface area contributed by atoms with Gasteiger partial charge >= 0.3 is 0 Å². The van der Waals surface area contributed by atoms with Gasteiger partial charge < -0.3 is 10.2 Å². The lowest BCUT2D eigenvalue weighted by molar-refractivity contribution is 0.600. The Bertz CT molecular complexity index is 540. The molecule has 1 aliphatic rings. The minimum Gasteiger partial charge on any atom is -0.373 e. The highest BCUT2D eigenvalue weighted by Gasteiger charge is 2.31. The molecule has 19 heavy (non-hydrogen) atoms. The number of aromatic nitrogens is 2. The standard InChI is InChI=1S/C11H18N4O2S2/c1-12-9-6-10(14-11(13-9)18-3)15(2)8-4-5-19(16,17)7-8/h6,8H,4-5,7H2,1-3H3,(H,12,13,14). The molecule has 0 saturated carbocycles. The molecule has 1 aliphatic heterocycles. The zero-order valence-electron chi connectivity index (χ0n) is 11.3. The van der Waals surface area contributed by atoms with E-state index < -0.39 is 9.84 Å². The first-order chi connectivity index (χ1) is 8.95. The van der Waals surface area contributed by atoms with E-state index in [2.05, 4.69) is 15.3 Å². The van der Waals surface area contributed by atoms with Crippen molar-refractivity contribution in [3.63, 3.8) is 0 Å². The molecular formula is C11H18N4O2S2. The summed E-state index contributed by atoms with van der Waals surface area (Å²) in [6, 6.07) is 1.84. The topological polar surface area (TPSA) is 75.2 Å². The molecule has 1 atom stereocenters. The van der Waals surface area contributed by atoms with Gasteiger partial charge in [0.1, 0.15) is 11.6 Å². The van der Waals surface area contributed by atoms with Crippen LogP contribution in [0, 0.1) is 0 Å². The van der Waals surface area contributed by atoms with Crippen molar-refractivity contribution >= 4 is 33.2 Å². The van der Waals surface area contributed by atoms with E-state index in [9.17, 15) is 8.42 Å². The summed E-state index contributed by atoms with van der Waals surface area (Å²) in [7, 11) is 0.802. The van der Waals surface area contributed by atoms with Crippen LogP contribution >= 0.6 is 11.8 Å². The van der Waals surface area contributed by atoms with Crippen molar-refractivity contribution in [1.82, 2.24) is 9.97 Å². The Morgan fingerprint density at radius 2 is 2.21 bits per heavy atom. The molecule has 2 heterocycles. The summed E-state index contributed by atoms with van der Waals surface area (Å²) >= 11 is 1.47. The van der Waals surface area contributed by atoms with Crippen molar-refractivity contribution in [1.29, 1.82) is 0 Å². The first-order valence-corrected chi connectivity index (χ1v) is 9.04. The van der Waals surface area contributed by atoms with Crippen LogP contribution in [0.4, 0.5) is 11.6 Å². The number of hydrogen-bond acceptors (Lipinski definition) is 7. The zero-order valence-corrected chi connectivity index (χ0v) is 12.9. The normalized spacial score (nSPS) is 21.3. The molecule has 1 unspecified atom stereocenters. The van der Waals surface area contributed by atoms with Gasteiger partial charge in [0.15, 0.2) is 15.0 Å². The number of hydrogen-bond donors (Lipinski definition) is 1. The predicted octanol–water partition coefficient (Wildman–Crippen LogP) is 0.863. The van der Waals surface area contributed by atoms with Crippen LogP contribution in [0.2, 0.25) is 0 Å². The van der Waals surface area contributed by atoms with E-state index in [0.29, 0.717) is 11.6 Å². The largest absolute Gasteiger partial charge is 0.373 e. The second-order valence-corrected chi connectivity index (χ2v) is 7.52. The molecule has 106 valence electrons. The molecule has 0 bridgehead atoms. The molecule has 0 spiro atoms. The van der Waals surface area contributed by atoms with Gasteiger partial charge in [-0.15, -0.1) is 0 Å². The van der Waals surface area contributed by atoms with Crippen LogP contribution in [0.15, 0.2) is 11.2 Å². The zero-order chi connectivity index (χ0) is 14.0. The summed E-state index contributed by atoms with van der Waals surface area (Å²) in [6.07, 6.45) is 2.57. The quantitative estimate of drug-likeness (QED) is 0.653. The van der Waals surface area contributed by atoms with E-state index in [0.717, 1.165) is 11.6 Å². The molecule has 1 aromatic rings. The lowest BCUT2D eigenvalue weighted by Crippen LogP contribution is -2.33. The summed E-state index contributed by atoms with van der Waals surface area (Å²) in [4.78, 5) is 10.7. The van der Waals surface area contributed by atoms with Crippen molar-refractivity contribution in [2.45, 2.75) is 17.6 Å². The van der Waals surface area contributed by atoms with E-state index in [1.54, 1.807) is 7.05 Å². The second kappa shape index (κ2) is 5.54. The number of rotatable bonds is 4. The number of anilines is 2. The molecule has 0 aliphatic carbocycles. The monoisotopic (exact) mass is 302 g/mol. The average molecular weight is 302 g/mol. The van der Waals surface area contributed by atoms with Gasteiger partial charge in [-0.2, -0.15) is 0 Å². The van der Waals surface area contributed by atoms with Crippen molar-refractivity contribution in [3.05, 3.63) is 6.07 Å². The van der Waals surface area contributed by atoms with Crippen LogP contribution in [-0.2, 0) is 9.84 Å². The Morgan fingerprint density at radius 1 is 1.47 bits per heavy atom. The van der Waals surface area contributed by atoms with Gasteiger partial charge in [-0.05, 0) is 12.7 Å². The molecule has 1 aromatic heterocycles. The minimum absolute atomic E-state index is 0.000637. The van der Waals surface area contributed by atoms with Crippen LogP contribution in [-0.4, -0.2) is 56.3 Å². The number of nitrogens with one attached hydrogen (secondary N) is 1. The van der Waals surface area contributed by atoms with Crippen molar-refractivity contribution in [2.75, 3.05) is 42.1 Å². The lowest BCUT2D eigenvalue weighted by Gasteiger charge is -2.25. The fraction of sp³-hybridized carbons (Fsp3) is 0.636. The van der Waals surface area contributed by atoms with Crippen molar-refractivity contribution in [2.24, 2.45) is 0 Å². The maximum atomic E-state index is 11.5. The maximum absolute atomic E-state index is 11.5. The third-order valence-electron chi connectivity index (χ3n) is 3.25. The summed E-state index contributed by atoms with van der Waals surface area (Å²) in [5.41, 5.74) is 0. The van der Waals surface area contributed by atoms with Gasteiger partial charge in [0.25, 0.3) is 0 Å². The first-order valence-electron chi connectivity index (χ1n) is 5.99. The Kier molecular flexibility index (Phi) is 4.19. The fourth-order valence-corrected chi connectivity index (χ4v) is 4.23. The van der Waals surface area contributed by atoms with Crippen molar-refractivity contribution in [3.8, 4) is 0 Å². The Balaban J connectivity index is 2.26. The smallest absolute Gasteiger partial charge is 0.191 e. The van der Waals surface area contributed by atoms with E-state index in [1.165, 1.54) is 11.8 Å². The summed E-state index contributed by atoms with van der Waals surface area (Å²) in [5.74, 6) is 1.96. The third-order valence-corrected chi connectivity index (χ3v) is 5.55. The highest BCUT2D eigenvalue weighted by atomic mass is 32.2. The second-order valence-electron chi connectivity index (χ2n) is 4.52. The molecule has 6 nitrogen and oxygen atoms in total. The van der Waals surface area contributed by atoms with Crippen molar-refractivity contribution < 1.29 is 8.42 Å². The SMILES string of the molecule is CNc1cc(N(C)C2CCS(=O)(=O)C2)nc(SC)n1. The molecule has 1 fully saturated rings. The van der Waals surface area contributed by atoms with E-state index in [1.807, 2.05) is 24.3 Å². The number of thioether (sulfide) groups is 1. The summed E-state index contributed by atoms with van der Waals surface area (Å²) in [6.45, 7) is 0. The summed E-state index contributed by atoms with van der Waals surface area (Å²) in [5, 5.41) is 3.67. The number of nitrogens with zero attached hydrogens (tertiary/aromatic N) is 3. The Morgan fingerprint density at radius 3 is 2.74 bits per heavy atom.